The van der Waals surface area contributed by atoms with Crippen molar-refractivity contribution in [2.24, 2.45) is 0 Å². The van der Waals surface area contributed by atoms with E-state index in [1.165, 1.54) is 14.2 Å². The van der Waals surface area contributed by atoms with Gasteiger partial charge in [0.15, 0.2) is 0 Å². The third-order valence-corrected chi connectivity index (χ3v) is 1.99. The minimum Gasteiger partial charge on any atom is -0.495 e. The van der Waals surface area contributed by atoms with Crippen molar-refractivity contribution in [3.05, 3.63) is 23.3 Å². The van der Waals surface area contributed by atoms with Crippen molar-refractivity contribution in [1.82, 2.24) is 0 Å². The van der Waals surface area contributed by atoms with Gasteiger partial charge < -0.3 is 15.2 Å². The van der Waals surface area contributed by atoms with Crippen LogP contribution < -0.4 is 10.5 Å². The topological polar surface area (TPSA) is 61.5 Å². The van der Waals surface area contributed by atoms with Gasteiger partial charge >= 0.3 is 5.97 Å². The van der Waals surface area contributed by atoms with Gasteiger partial charge in [0.25, 0.3) is 0 Å². The molecule has 1 rings (SSSR count). The largest absolute Gasteiger partial charge is 0.495 e. The highest BCUT2D eigenvalue weighted by Crippen LogP contribution is 2.26. The molecule has 1 aromatic carbocycles. The summed E-state index contributed by atoms with van der Waals surface area (Å²) in [7, 11) is 2.84. The summed E-state index contributed by atoms with van der Waals surface area (Å²) >= 11 is 0. The predicted molar refractivity (Wildman–Crippen MR) is 76.2 cm³/mol. The number of nitrogen functional groups attached to an aromatic ring is 1. The highest BCUT2D eigenvalue weighted by Gasteiger charge is 2.11. The molecular weight excluding hydrogens is 230 g/mol. The van der Waals surface area contributed by atoms with E-state index in [4.69, 9.17) is 10.5 Å². The van der Waals surface area contributed by atoms with Gasteiger partial charge in [-0.15, -0.1) is 0 Å². The number of hydrogen-bond acceptors (Lipinski definition) is 4. The van der Waals surface area contributed by atoms with Crippen molar-refractivity contribution in [3.63, 3.8) is 0 Å². The first kappa shape index (κ1) is 18.6. The number of rotatable bonds is 2. The van der Waals surface area contributed by atoms with Gasteiger partial charge in [0, 0.05) is 0 Å². The van der Waals surface area contributed by atoms with E-state index in [9.17, 15) is 4.79 Å². The standard InChI is InChI=1S/C10H13NO3.2C2H6/c1-6-4-7(10(12)14-3)5-8(13-2)9(6)11;2*1-2/h4-5H,11H2,1-3H3;2*1-2H3. The maximum Gasteiger partial charge on any atom is 0.337 e. The molecule has 0 fully saturated rings. The van der Waals surface area contributed by atoms with Gasteiger partial charge in [0.2, 0.25) is 0 Å². The van der Waals surface area contributed by atoms with E-state index in [1.807, 2.05) is 34.6 Å². The first-order valence-electron chi connectivity index (χ1n) is 6.12. The van der Waals surface area contributed by atoms with Crippen LogP contribution >= 0.6 is 0 Å². The van der Waals surface area contributed by atoms with E-state index in [-0.39, 0.29) is 0 Å². The van der Waals surface area contributed by atoms with Crippen molar-refractivity contribution in [3.8, 4) is 5.75 Å². The van der Waals surface area contributed by atoms with Crippen LogP contribution in [0.3, 0.4) is 0 Å². The minimum absolute atomic E-state index is 0.397. The molecule has 0 bridgehead atoms. The molecule has 0 amide bonds. The zero-order chi connectivity index (χ0) is 14.7. The number of ether oxygens (including phenoxy) is 2. The van der Waals surface area contributed by atoms with Crippen LogP contribution in [-0.4, -0.2) is 20.2 Å². The average molecular weight is 255 g/mol. The number of hydrogen-bond donors (Lipinski definition) is 1. The fourth-order valence-electron chi connectivity index (χ4n) is 1.17. The van der Waals surface area contributed by atoms with Crippen molar-refractivity contribution in [2.75, 3.05) is 20.0 Å². The fraction of sp³-hybridized carbons (Fsp3) is 0.500. The van der Waals surface area contributed by atoms with Crippen LogP contribution in [0.1, 0.15) is 43.6 Å². The predicted octanol–water partition coefficient (Wildman–Crippen LogP) is 3.42. The zero-order valence-corrected chi connectivity index (χ0v) is 12.5. The number of anilines is 1. The summed E-state index contributed by atoms with van der Waals surface area (Å²) in [6, 6.07) is 3.23. The van der Waals surface area contributed by atoms with E-state index in [2.05, 4.69) is 4.74 Å². The summed E-state index contributed by atoms with van der Waals surface area (Å²) < 4.78 is 9.62. The molecule has 0 aliphatic rings. The quantitative estimate of drug-likeness (QED) is 0.649. The molecule has 0 aromatic heterocycles. The van der Waals surface area contributed by atoms with E-state index in [0.717, 1.165) is 5.56 Å². The normalized spacial score (nSPS) is 8.17. The molecule has 0 radical (unpaired) electrons. The molecular formula is C14H25NO3. The van der Waals surface area contributed by atoms with Crippen LogP contribution in [-0.2, 0) is 4.74 Å². The van der Waals surface area contributed by atoms with E-state index < -0.39 is 5.97 Å². The Bertz CT molecular complexity index is 362. The number of benzene rings is 1. The Balaban J connectivity index is 0. The highest BCUT2D eigenvalue weighted by atomic mass is 16.5. The molecule has 1 aromatic rings. The maximum atomic E-state index is 11.2. The van der Waals surface area contributed by atoms with Gasteiger partial charge in [-0.05, 0) is 24.6 Å². The molecule has 0 saturated heterocycles. The fourth-order valence-corrected chi connectivity index (χ4v) is 1.17. The smallest absolute Gasteiger partial charge is 0.337 e. The molecule has 2 N–H and O–H groups in total. The van der Waals surface area contributed by atoms with Crippen LogP contribution in [0.4, 0.5) is 5.69 Å². The van der Waals surface area contributed by atoms with Gasteiger partial charge in [-0.1, -0.05) is 27.7 Å². The second-order valence-electron chi connectivity index (χ2n) is 2.90. The maximum absolute atomic E-state index is 11.2. The number of carbonyl (C=O) groups is 1. The van der Waals surface area contributed by atoms with Gasteiger partial charge in [0.1, 0.15) is 5.75 Å². The van der Waals surface area contributed by atoms with Gasteiger partial charge in [0.05, 0.1) is 25.5 Å². The minimum atomic E-state index is -0.397. The summed E-state index contributed by atoms with van der Waals surface area (Å²) in [5.41, 5.74) is 7.51. The van der Waals surface area contributed by atoms with Crippen LogP contribution in [0, 0.1) is 6.92 Å². The molecule has 0 saturated carbocycles. The van der Waals surface area contributed by atoms with Gasteiger partial charge in [-0.3, -0.25) is 0 Å². The Labute approximate surface area is 110 Å². The lowest BCUT2D eigenvalue weighted by atomic mass is 10.1. The molecule has 0 spiro atoms. The molecule has 0 aliphatic heterocycles. The summed E-state index contributed by atoms with van der Waals surface area (Å²) in [6.07, 6.45) is 0. The van der Waals surface area contributed by atoms with Crippen molar-refractivity contribution >= 4 is 11.7 Å². The Morgan fingerprint density at radius 2 is 1.61 bits per heavy atom. The second-order valence-corrected chi connectivity index (χ2v) is 2.90. The Morgan fingerprint density at radius 1 is 1.11 bits per heavy atom. The van der Waals surface area contributed by atoms with Gasteiger partial charge in [-0.2, -0.15) is 0 Å². The van der Waals surface area contributed by atoms with Crippen LogP contribution in [0.5, 0.6) is 5.75 Å². The van der Waals surface area contributed by atoms with Gasteiger partial charge in [-0.25, -0.2) is 4.79 Å². The number of carbonyl (C=O) groups excluding carboxylic acids is 1. The number of nitrogens with two attached hydrogens (primary N) is 1. The molecule has 4 nitrogen and oxygen atoms in total. The molecule has 0 unspecified atom stereocenters. The Hall–Kier alpha value is -1.71. The van der Waals surface area contributed by atoms with E-state index in [0.29, 0.717) is 17.0 Å². The summed E-state index contributed by atoms with van der Waals surface area (Å²) in [5.74, 6) is 0.0943. The Kier molecular flexibility index (Phi) is 10.8. The summed E-state index contributed by atoms with van der Waals surface area (Å²) in [6.45, 7) is 9.81. The van der Waals surface area contributed by atoms with Crippen LogP contribution in [0.15, 0.2) is 12.1 Å². The SMILES string of the molecule is CC.CC.COC(=O)c1cc(C)c(N)c(OC)c1. The molecule has 104 valence electrons. The highest BCUT2D eigenvalue weighted by molar-refractivity contribution is 5.91. The zero-order valence-electron chi connectivity index (χ0n) is 12.5. The van der Waals surface area contributed by atoms with E-state index in [1.54, 1.807) is 12.1 Å². The van der Waals surface area contributed by atoms with Crippen molar-refractivity contribution < 1.29 is 14.3 Å². The van der Waals surface area contributed by atoms with Crippen LogP contribution in [0.25, 0.3) is 0 Å². The van der Waals surface area contributed by atoms with E-state index >= 15 is 0 Å². The molecule has 0 heterocycles. The first-order chi connectivity index (χ1) is 8.60. The molecule has 18 heavy (non-hydrogen) atoms. The Morgan fingerprint density at radius 3 is 2.00 bits per heavy atom. The average Bonchev–Trinajstić information content (AvgIpc) is 2.45. The number of methoxy groups -OCH3 is 2. The number of aryl methyl sites for hydroxylation is 1. The third-order valence-electron chi connectivity index (χ3n) is 1.99. The van der Waals surface area contributed by atoms with Crippen molar-refractivity contribution in [2.45, 2.75) is 34.6 Å². The summed E-state index contributed by atoms with van der Waals surface area (Å²) in [4.78, 5) is 11.2. The lowest BCUT2D eigenvalue weighted by Crippen LogP contribution is -2.04. The first-order valence-corrected chi connectivity index (χ1v) is 6.12. The molecule has 4 heteroatoms. The second kappa shape index (κ2) is 10.4. The lowest BCUT2D eigenvalue weighted by Gasteiger charge is -2.09. The third kappa shape index (κ3) is 5.08. The molecule has 0 aliphatic carbocycles. The lowest BCUT2D eigenvalue weighted by molar-refractivity contribution is 0.0600. The van der Waals surface area contributed by atoms with Crippen LogP contribution in [0.2, 0.25) is 0 Å². The molecule has 0 atom stereocenters. The summed E-state index contributed by atoms with van der Waals surface area (Å²) in [5, 5.41) is 0. The monoisotopic (exact) mass is 255 g/mol. The number of esters is 1. The van der Waals surface area contributed by atoms with Crippen molar-refractivity contribution in [1.29, 1.82) is 0 Å².